The van der Waals surface area contributed by atoms with Gasteiger partial charge >= 0.3 is 5.97 Å². The third-order valence-electron chi connectivity index (χ3n) is 2.24. The van der Waals surface area contributed by atoms with Crippen LogP contribution in [-0.4, -0.2) is 10.4 Å². The van der Waals surface area contributed by atoms with Gasteiger partial charge in [-0.05, 0) is 11.0 Å². The summed E-state index contributed by atoms with van der Waals surface area (Å²) in [7, 11) is 0. The van der Waals surface area contributed by atoms with E-state index < -0.39 is 0 Å². The van der Waals surface area contributed by atoms with Crippen molar-refractivity contribution in [3.05, 3.63) is 48.0 Å². The fourth-order valence-corrected chi connectivity index (χ4v) is 1.37. The summed E-state index contributed by atoms with van der Waals surface area (Å²) in [5.74, 6) is -0.285. The first-order valence-corrected chi connectivity index (χ1v) is 7.02. The van der Waals surface area contributed by atoms with Gasteiger partial charge < -0.3 is 4.74 Å². The number of benzene rings is 1. The highest BCUT2D eigenvalue weighted by atomic mass is 127. The van der Waals surface area contributed by atoms with Gasteiger partial charge in [0.15, 0.2) is 0 Å². The Morgan fingerprint density at radius 3 is 2.59 bits per heavy atom. The molecule has 0 fully saturated rings. The van der Waals surface area contributed by atoms with Crippen LogP contribution in [0.5, 0.6) is 0 Å². The van der Waals surface area contributed by atoms with Crippen LogP contribution in [0.15, 0.2) is 42.5 Å². The summed E-state index contributed by atoms with van der Waals surface area (Å²) in [5.41, 5.74) is 1.04. The molecule has 0 saturated carbocycles. The van der Waals surface area contributed by atoms with Crippen molar-refractivity contribution in [2.24, 2.45) is 5.41 Å². The average molecular weight is 344 g/mol. The predicted molar refractivity (Wildman–Crippen MR) is 78.0 cm³/mol. The van der Waals surface area contributed by atoms with Crippen LogP contribution in [0.2, 0.25) is 0 Å². The molecule has 0 N–H and O–H groups in total. The Morgan fingerprint density at radius 1 is 1.35 bits per heavy atom. The van der Waals surface area contributed by atoms with Gasteiger partial charge in [-0.25, -0.2) is 4.79 Å². The number of allylic oxidation sites excluding steroid dienone is 1. The Hall–Kier alpha value is -0.840. The third-order valence-corrected chi connectivity index (χ3v) is 4.20. The van der Waals surface area contributed by atoms with E-state index in [0.29, 0.717) is 6.61 Å². The SMILES string of the molecule is CC(C)(/C=C/C(=O)OCc1ccccc1)CI. The first kappa shape index (κ1) is 14.2. The zero-order valence-corrected chi connectivity index (χ0v) is 12.3. The van der Waals surface area contributed by atoms with Crippen LogP contribution in [0.25, 0.3) is 0 Å². The highest BCUT2D eigenvalue weighted by Crippen LogP contribution is 2.19. The van der Waals surface area contributed by atoms with Crippen LogP contribution < -0.4 is 0 Å². The third kappa shape index (κ3) is 5.86. The molecule has 0 aliphatic heterocycles. The number of rotatable bonds is 5. The van der Waals surface area contributed by atoms with E-state index in [9.17, 15) is 4.79 Å². The molecule has 1 aromatic carbocycles. The highest BCUT2D eigenvalue weighted by Gasteiger charge is 2.11. The van der Waals surface area contributed by atoms with Crippen LogP contribution >= 0.6 is 22.6 Å². The van der Waals surface area contributed by atoms with Gasteiger partial charge in [0, 0.05) is 10.5 Å². The molecule has 0 aliphatic carbocycles. The maximum absolute atomic E-state index is 11.5. The molecule has 0 aromatic heterocycles. The lowest BCUT2D eigenvalue weighted by Crippen LogP contribution is -2.10. The first-order valence-electron chi connectivity index (χ1n) is 5.49. The zero-order valence-electron chi connectivity index (χ0n) is 10.2. The predicted octanol–water partition coefficient (Wildman–Crippen LogP) is 3.75. The van der Waals surface area contributed by atoms with Crippen LogP contribution in [0, 0.1) is 5.41 Å². The molecule has 92 valence electrons. The van der Waals surface area contributed by atoms with Gasteiger partial charge in [-0.1, -0.05) is 72.8 Å². The topological polar surface area (TPSA) is 26.3 Å². The minimum absolute atomic E-state index is 0.0341. The summed E-state index contributed by atoms with van der Waals surface area (Å²) >= 11 is 2.30. The van der Waals surface area contributed by atoms with E-state index in [0.717, 1.165) is 9.99 Å². The number of hydrogen-bond acceptors (Lipinski definition) is 2. The first-order chi connectivity index (χ1) is 8.03. The van der Waals surface area contributed by atoms with E-state index in [-0.39, 0.29) is 11.4 Å². The van der Waals surface area contributed by atoms with E-state index >= 15 is 0 Å². The molecule has 0 spiro atoms. The maximum atomic E-state index is 11.5. The molecule has 3 heteroatoms. The fourth-order valence-electron chi connectivity index (χ4n) is 1.11. The van der Waals surface area contributed by atoms with Crippen molar-refractivity contribution in [1.82, 2.24) is 0 Å². The Morgan fingerprint density at radius 2 is 2.00 bits per heavy atom. The van der Waals surface area contributed by atoms with E-state index in [4.69, 9.17) is 4.74 Å². The molecule has 1 aromatic rings. The molecule has 0 heterocycles. The minimum atomic E-state index is -0.285. The van der Waals surface area contributed by atoms with Crippen LogP contribution in [0.1, 0.15) is 19.4 Å². The van der Waals surface area contributed by atoms with Gasteiger partial charge in [-0.3, -0.25) is 0 Å². The number of esters is 1. The molecule has 0 atom stereocenters. The Bertz CT molecular complexity index is 382. The summed E-state index contributed by atoms with van der Waals surface area (Å²) < 4.78 is 6.11. The van der Waals surface area contributed by atoms with Gasteiger partial charge in [0.1, 0.15) is 6.61 Å². The van der Waals surface area contributed by atoms with E-state index in [1.165, 1.54) is 6.08 Å². The molecule has 0 unspecified atom stereocenters. The number of carbonyl (C=O) groups is 1. The maximum Gasteiger partial charge on any atom is 0.330 e. The Labute approximate surface area is 116 Å². The average Bonchev–Trinajstić information content (AvgIpc) is 2.35. The lowest BCUT2D eigenvalue weighted by Gasteiger charge is -2.15. The molecule has 17 heavy (non-hydrogen) atoms. The molecule has 0 radical (unpaired) electrons. The van der Waals surface area contributed by atoms with Crippen LogP contribution in [0.3, 0.4) is 0 Å². The monoisotopic (exact) mass is 344 g/mol. The number of alkyl halides is 1. The summed E-state index contributed by atoms with van der Waals surface area (Å²) in [6.45, 7) is 4.50. The molecule has 0 bridgehead atoms. The summed E-state index contributed by atoms with van der Waals surface area (Å²) in [6, 6.07) is 9.67. The molecule has 0 amide bonds. The second-order valence-corrected chi connectivity index (χ2v) is 5.31. The standard InChI is InChI=1S/C14H17IO2/c1-14(2,11-15)9-8-13(16)17-10-12-6-4-3-5-7-12/h3-9H,10-11H2,1-2H3/b9-8+. The van der Waals surface area contributed by atoms with Crippen molar-refractivity contribution in [3.63, 3.8) is 0 Å². The number of carbonyl (C=O) groups excluding carboxylic acids is 1. The fraction of sp³-hybridized carbons (Fsp3) is 0.357. The minimum Gasteiger partial charge on any atom is -0.458 e. The molecule has 1 rings (SSSR count). The van der Waals surface area contributed by atoms with Crippen molar-refractivity contribution in [3.8, 4) is 0 Å². The number of hydrogen-bond donors (Lipinski definition) is 0. The van der Waals surface area contributed by atoms with Crippen LogP contribution in [0.4, 0.5) is 0 Å². The highest BCUT2D eigenvalue weighted by molar-refractivity contribution is 14.1. The van der Waals surface area contributed by atoms with Crippen molar-refractivity contribution < 1.29 is 9.53 Å². The summed E-state index contributed by atoms with van der Waals surface area (Å²) in [4.78, 5) is 11.5. The van der Waals surface area contributed by atoms with E-state index in [1.54, 1.807) is 0 Å². The van der Waals surface area contributed by atoms with Crippen molar-refractivity contribution >= 4 is 28.6 Å². The second kappa shape index (κ2) is 6.79. The van der Waals surface area contributed by atoms with E-state index in [2.05, 4.69) is 36.4 Å². The van der Waals surface area contributed by atoms with Crippen LogP contribution in [-0.2, 0) is 16.1 Å². The van der Waals surface area contributed by atoms with Crippen molar-refractivity contribution in [2.45, 2.75) is 20.5 Å². The quantitative estimate of drug-likeness (QED) is 0.352. The van der Waals surface area contributed by atoms with Crippen molar-refractivity contribution in [2.75, 3.05) is 4.43 Å². The van der Waals surface area contributed by atoms with Gasteiger partial charge in [0.2, 0.25) is 0 Å². The smallest absolute Gasteiger partial charge is 0.330 e. The largest absolute Gasteiger partial charge is 0.458 e. The van der Waals surface area contributed by atoms with E-state index in [1.807, 2.05) is 36.4 Å². The van der Waals surface area contributed by atoms with Gasteiger partial charge in [0.05, 0.1) is 0 Å². The Kier molecular flexibility index (Phi) is 5.68. The molecular formula is C14H17IO2. The molecule has 0 saturated heterocycles. The number of halogens is 1. The van der Waals surface area contributed by atoms with Gasteiger partial charge in [-0.2, -0.15) is 0 Å². The lowest BCUT2D eigenvalue weighted by atomic mass is 9.96. The van der Waals surface area contributed by atoms with Gasteiger partial charge in [0.25, 0.3) is 0 Å². The van der Waals surface area contributed by atoms with Crippen molar-refractivity contribution in [1.29, 1.82) is 0 Å². The Balaban J connectivity index is 2.41. The summed E-state index contributed by atoms with van der Waals surface area (Å²) in [6.07, 6.45) is 3.41. The van der Waals surface area contributed by atoms with Gasteiger partial charge in [-0.15, -0.1) is 0 Å². The lowest BCUT2D eigenvalue weighted by molar-refractivity contribution is -0.139. The normalized spacial score (nSPS) is 11.7. The zero-order chi connectivity index (χ0) is 12.7. The molecular weight excluding hydrogens is 327 g/mol. The number of ether oxygens (including phenoxy) is 1. The molecule has 0 aliphatic rings. The summed E-state index contributed by atoms with van der Waals surface area (Å²) in [5, 5.41) is 0. The second-order valence-electron chi connectivity index (χ2n) is 4.55. The molecule has 2 nitrogen and oxygen atoms in total.